The van der Waals surface area contributed by atoms with Gasteiger partial charge in [0.05, 0.1) is 0 Å². The first-order valence-corrected chi connectivity index (χ1v) is 8.49. The van der Waals surface area contributed by atoms with E-state index in [2.05, 4.69) is 43.0 Å². The summed E-state index contributed by atoms with van der Waals surface area (Å²) in [6.07, 6.45) is 1.51. The highest BCUT2D eigenvalue weighted by atomic mass is 32.2. The summed E-state index contributed by atoms with van der Waals surface area (Å²) in [5.74, 6) is 0. The standard InChI is InChI=1S/C14H23N3OS/c1-14(2)12-17(19(3,15)18)10-9-16(14)11-13-7-5-4-6-8-13/h4-8,15H,9-12H2,1-3H3. The van der Waals surface area contributed by atoms with E-state index in [-0.39, 0.29) is 5.54 Å². The van der Waals surface area contributed by atoms with E-state index in [1.807, 2.05) is 6.07 Å². The van der Waals surface area contributed by atoms with Gasteiger partial charge in [-0.2, -0.15) is 0 Å². The third-order valence-corrected chi connectivity index (χ3v) is 5.04. The predicted molar refractivity (Wildman–Crippen MR) is 79.3 cm³/mol. The molecule has 106 valence electrons. The van der Waals surface area contributed by atoms with Crippen LogP contribution < -0.4 is 0 Å². The van der Waals surface area contributed by atoms with Crippen molar-refractivity contribution in [3.63, 3.8) is 0 Å². The van der Waals surface area contributed by atoms with Crippen LogP contribution in [0.15, 0.2) is 30.3 Å². The minimum absolute atomic E-state index is 0.0617. The van der Waals surface area contributed by atoms with Crippen LogP contribution in [0.25, 0.3) is 0 Å². The molecule has 0 amide bonds. The monoisotopic (exact) mass is 281 g/mol. The maximum atomic E-state index is 11.9. The molecule has 1 aliphatic heterocycles. The smallest absolute Gasteiger partial charge is 0.104 e. The van der Waals surface area contributed by atoms with Crippen LogP contribution in [0.5, 0.6) is 0 Å². The minimum Gasteiger partial charge on any atom is -0.291 e. The van der Waals surface area contributed by atoms with E-state index < -0.39 is 9.92 Å². The average molecular weight is 281 g/mol. The highest BCUT2D eigenvalue weighted by molar-refractivity contribution is 7.89. The molecule has 0 bridgehead atoms. The quantitative estimate of drug-likeness (QED) is 0.923. The molecule has 1 aromatic carbocycles. The molecule has 2 rings (SSSR count). The SMILES string of the molecule is CC1(C)CN(S(C)(=N)=O)CCN1Cc1ccccc1. The van der Waals surface area contributed by atoms with Crippen molar-refractivity contribution in [1.29, 1.82) is 4.78 Å². The summed E-state index contributed by atoms with van der Waals surface area (Å²) in [7, 11) is -2.59. The van der Waals surface area contributed by atoms with E-state index in [9.17, 15) is 4.21 Å². The van der Waals surface area contributed by atoms with Gasteiger partial charge in [-0.25, -0.2) is 13.3 Å². The van der Waals surface area contributed by atoms with Gasteiger partial charge in [0.1, 0.15) is 9.92 Å². The van der Waals surface area contributed by atoms with Crippen molar-refractivity contribution in [2.24, 2.45) is 0 Å². The summed E-state index contributed by atoms with van der Waals surface area (Å²) in [5.41, 5.74) is 1.24. The summed E-state index contributed by atoms with van der Waals surface area (Å²) in [4.78, 5) is 2.41. The van der Waals surface area contributed by atoms with Gasteiger partial charge in [-0.05, 0) is 19.4 Å². The van der Waals surface area contributed by atoms with Crippen LogP contribution in [0.4, 0.5) is 0 Å². The summed E-state index contributed by atoms with van der Waals surface area (Å²) >= 11 is 0. The Morgan fingerprint density at radius 3 is 2.42 bits per heavy atom. The van der Waals surface area contributed by atoms with Crippen LogP contribution in [-0.4, -0.2) is 44.8 Å². The first-order chi connectivity index (χ1) is 8.79. The Hall–Kier alpha value is -0.910. The summed E-state index contributed by atoms with van der Waals surface area (Å²) in [5, 5.41) is 0. The highest BCUT2D eigenvalue weighted by Crippen LogP contribution is 2.24. The van der Waals surface area contributed by atoms with Crippen molar-refractivity contribution < 1.29 is 4.21 Å². The number of piperazine rings is 1. The Labute approximate surface area is 116 Å². The van der Waals surface area contributed by atoms with Gasteiger partial charge < -0.3 is 0 Å². The topological polar surface area (TPSA) is 47.4 Å². The Balaban J connectivity index is 2.09. The van der Waals surface area contributed by atoms with Gasteiger partial charge in [0.25, 0.3) is 0 Å². The average Bonchev–Trinajstić information content (AvgIpc) is 2.31. The molecule has 4 nitrogen and oxygen atoms in total. The second kappa shape index (κ2) is 5.23. The Bertz CT molecular complexity index is 525. The van der Waals surface area contributed by atoms with Gasteiger partial charge >= 0.3 is 0 Å². The molecule has 1 fully saturated rings. The zero-order valence-electron chi connectivity index (χ0n) is 11.9. The predicted octanol–water partition coefficient (Wildman–Crippen LogP) is 2.17. The maximum absolute atomic E-state index is 11.9. The molecule has 1 N–H and O–H groups in total. The molecule has 0 saturated carbocycles. The second-order valence-electron chi connectivity index (χ2n) is 5.89. The lowest BCUT2D eigenvalue weighted by atomic mass is 9.99. The van der Waals surface area contributed by atoms with Gasteiger partial charge in [-0.3, -0.25) is 4.90 Å². The number of hydrogen-bond donors (Lipinski definition) is 1. The van der Waals surface area contributed by atoms with Crippen LogP contribution in [0.1, 0.15) is 19.4 Å². The number of rotatable bonds is 3. The van der Waals surface area contributed by atoms with Crippen LogP contribution >= 0.6 is 0 Å². The molecule has 1 aliphatic rings. The van der Waals surface area contributed by atoms with Crippen molar-refractivity contribution in [3.8, 4) is 0 Å². The normalized spacial score (nSPS) is 23.9. The molecule has 1 atom stereocenters. The van der Waals surface area contributed by atoms with Crippen molar-refractivity contribution in [2.75, 3.05) is 25.9 Å². The van der Waals surface area contributed by atoms with E-state index in [0.29, 0.717) is 13.1 Å². The molecule has 5 heteroatoms. The maximum Gasteiger partial charge on any atom is 0.104 e. The molecule has 1 heterocycles. The Morgan fingerprint density at radius 2 is 1.89 bits per heavy atom. The van der Waals surface area contributed by atoms with E-state index in [4.69, 9.17) is 4.78 Å². The zero-order valence-corrected chi connectivity index (χ0v) is 12.7. The lowest BCUT2D eigenvalue weighted by Gasteiger charge is -2.47. The lowest BCUT2D eigenvalue weighted by molar-refractivity contribution is 0.0487. The zero-order chi connectivity index (χ0) is 14.1. The van der Waals surface area contributed by atoms with E-state index in [0.717, 1.165) is 13.1 Å². The molecular weight excluding hydrogens is 258 g/mol. The fourth-order valence-corrected chi connectivity index (χ4v) is 3.53. The molecular formula is C14H23N3OS. The van der Waals surface area contributed by atoms with Gasteiger partial charge in [0.2, 0.25) is 0 Å². The van der Waals surface area contributed by atoms with Crippen molar-refractivity contribution in [1.82, 2.24) is 9.21 Å². The first-order valence-electron chi connectivity index (χ1n) is 6.57. The van der Waals surface area contributed by atoms with E-state index in [1.165, 1.54) is 11.8 Å². The number of nitrogens with zero attached hydrogens (tertiary/aromatic N) is 2. The van der Waals surface area contributed by atoms with Gasteiger partial charge in [-0.1, -0.05) is 30.3 Å². The van der Waals surface area contributed by atoms with E-state index in [1.54, 1.807) is 4.31 Å². The van der Waals surface area contributed by atoms with Crippen LogP contribution in [0, 0.1) is 4.78 Å². The van der Waals surface area contributed by atoms with Crippen LogP contribution in [0.3, 0.4) is 0 Å². The number of hydrogen-bond acceptors (Lipinski definition) is 3. The number of nitrogens with one attached hydrogen (secondary N) is 1. The van der Waals surface area contributed by atoms with Crippen molar-refractivity contribution in [3.05, 3.63) is 35.9 Å². The summed E-state index contributed by atoms with van der Waals surface area (Å²) in [6, 6.07) is 10.4. The Morgan fingerprint density at radius 1 is 1.26 bits per heavy atom. The lowest BCUT2D eigenvalue weighted by Crippen LogP contribution is -2.59. The van der Waals surface area contributed by atoms with Crippen LogP contribution in [-0.2, 0) is 16.5 Å². The second-order valence-corrected chi connectivity index (χ2v) is 8.01. The molecule has 1 saturated heterocycles. The molecule has 0 spiro atoms. The fourth-order valence-electron chi connectivity index (χ4n) is 2.54. The molecule has 1 aromatic rings. The van der Waals surface area contributed by atoms with Crippen molar-refractivity contribution >= 4 is 9.92 Å². The molecule has 0 radical (unpaired) electrons. The van der Waals surface area contributed by atoms with Crippen molar-refractivity contribution in [2.45, 2.75) is 25.9 Å². The molecule has 0 aromatic heterocycles. The Kier molecular flexibility index (Phi) is 3.99. The molecule has 19 heavy (non-hydrogen) atoms. The van der Waals surface area contributed by atoms with E-state index >= 15 is 0 Å². The highest BCUT2D eigenvalue weighted by Gasteiger charge is 2.35. The van der Waals surface area contributed by atoms with Gasteiger partial charge in [-0.15, -0.1) is 0 Å². The third kappa shape index (κ3) is 3.55. The third-order valence-electron chi connectivity index (χ3n) is 3.75. The van der Waals surface area contributed by atoms with Gasteiger partial charge in [0, 0.05) is 38.0 Å². The van der Waals surface area contributed by atoms with Gasteiger partial charge in [0.15, 0.2) is 0 Å². The minimum atomic E-state index is -2.59. The fraction of sp³-hybridized carbons (Fsp3) is 0.571. The molecule has 0 aliphatic carbocycles. The summed E-state index contributed by atoms with van der Waals surface area (Å²) < 4.78 is 21.4. The number of benzene rings is 1. The summed E-state index contributed by atoms with van der Waals surface area (Å²) in [6.45, 7) is 7.46. The largest absolute Gasteiger partial charge is 0.291 e. The first kappa shape index (κ1) is 14.5. The molecule has 1 unspecified atom stereocenters. The van der Waals surface area contributed by atoms with Crippen LogP contribution in [0.2, 0.25) is 0 Å².